The van der Waals surface area contributed by atoms with Gasteiger partial charge in [-0.1, -0.05) is 41.9 Å². The number of piperidine rings is 1. The van der Waals surface area contributed by atoms with Gasteiger partial charge in [-0.25, -0.2) is 4.98 Å². The number of hydrogen-bond donors (Lipinski definition) is 0. The van der Waals surface area contributed by atoms with Crippen molar-refractivity contribution in [1.29, 1.82) is 0 Å². The molecule has 3 heterocycles. The Morgan fingerprint density at radius 2 is 1.68 bits per heavy atom. The molecule has 2 aromatic rings. The Morgan fingerprint density at radius 3 is 2.35 bits per heavy atom. The standard InChI is InChI=1S/C24H34BrN3O3/c1-16(2)17(3)22-15-23(27-31-22)28-12-9-21(10-13-28)29-19-4-6-20(7-5-19)30-24-14-18(25)8-11-26-24/h8,11,14-17,19-21H,4-7,9-10,12-13H2,1-3H3. The molecule has 1 atom stereocenters. The fourth-order valence-corrected chi connectivity index (χ4v) is 4.69. The maximum atomic E-state index is 6.46. The summed E-state index contributed by atoms with van der Waals surface area (Å²) in [4.78, 5) is 6.63. The van der Waals surface area contributed by atoms with Crippen molar-refractivity contribution >= 4 is 21.7 Å². The van der Waals surface area contributed by atoms with Crippen LogP contribution in [0.15, 0.2) is 33.4 Å². The molecule has 1 saturated carbocycles. The number of pyridine rings is 1. The lowest BCUT2D eigenvalue weighted by atomic mass is 9.94. The summed E-state index contributed by atoms with van der Waals surface area (Å²) in [6.45, 7) is 8.57. The monoisotopic (exact) mass is 491 g/mol. The molecule has 0 amide bonds. The van der Waals surface area contributed by atoms with Crippen LogP contribution in [-0.2, 0) is 4.74 Å². The predicted molar refractivity (Wildman–Crippen MR) is 125 cm³/mol. The summed E-state index contributed by atoms with van der Waals surface area (Å²) >= 11 is 3.47. The van der Waals surface area contributed by atoms with Gasteiger partial charge < -0.3 is 18.9 Å². The fraction of sp³-hybridized carbons (Fsp3) is 0.667. The molecule has 1 unspecified atom stereocenters. The highest BCUT2D eigenvalue weighted by molar-refractivity contribution is 9.10. The van der Waals surface area contributed by atoms with E-state index in [4.69, 9.17) is 14.0 Å². The van der Waals surface area contributed by atoms with Gasteiger partial charge in [-0.15, -0.1) is 0 Å². The van der Waals surface area contributed by atoms with Gasteiger partial charge in [0.2, 0.25) is 5.88 Å². The number of aromatic nitrogens is 2. The van der Waals surface area contributed by atoms with Crippen molar-refractivity contribution in [3.63, 3.8) is 0 Å². The highest BCUT2D eigenvalue weighted by Crippen LogP contribution is 2.31. The molecule has 31 heavy (non-hydrogen) atoms. The first kappa shape index (κ1) is 22.6. The topological polar surface area (TPSA) is 60.6 Å². The van der Waals surface area contributed by atoms with Crippen LogP contribution in [0.1, 0.15) is 71.0 Å². The Labute approximate surface area is 193 Å². The van der Waals surface area contributed by atoms with E-state index in [2.05, 4.69) is 57.8 Å². The van der Waals surface area contributed by atoms with Gasteiger partial charge >= 0.3 is 0 Å². The minimum Gasteiger partial charge on any atom is -0.474 e. The largest absolute Gasteiger partial charge is 0.474 e. The lowest BCUT2D eigenvalue weighted by Crippen LogP contribution is -2.39. The number of rotatable bonds is 7. The van der Waals surface area contributed by atoms with E-state index >= 15 is 0 Å². The summed E-state index contributed by atoms with van der Waals surface area (Å²) < 4.78 is 19.1. The second kappa shape index (κ2) is 10.3. The summed E-state index contributed by atoms with van der Waals surface area (Å²) in [5, 5.41) is 4.32. The molecule has 1 saturated heterocycles. The van der Waals surface area contributed by atoms with Crippen LogP contribution in [0.25, 0.3) is 0 Å². The quantitative estimate of drug-likeness (QED) is 0.475. The van der Waals surface area contributed by atoms with Crippen molar-refractivity contribution in [3.05, 3.63) is 34.6 Å². The highest BCUT2D eigenvalue weighted by Gasteiger charge is 2.28. The van der Waals surface area contributed by atoms with Crippen molar-refractivity contribution in [1.82, 2.24) is 10.1 Å². The summed E-state index contributed by atoms with van der Waals surface area (Å²) in [5.74, 6) is 3.59. The van der Waals surface area contributed by atoms with E-state index < -0.39 is 0 Å². The van der Waals surface area contributed by atoms with Crippen LogP contribution in [0.2, 0.25) is 0 Å². The molecule has 0 N–H and O–H groups in total. The number of anilines is 1. The SMILES string of the molecule is CC(C)C(C)c1cc(N2CCC(OC3CCC(Oc4cc(Br)ccn4)CC3)CC2)no1. The minimum atomic E-state index is 0.234. The van der Waals surface area contributed by atoms with Gasteiger partial charge in [-0.2, -0.15) is 0 Å². The van der Waals surface area contributed by atoms with E-state index in [1.54, 1.807) is 6.20 Å². The third-order valence-electron chi connectivity index (χ3n) is 6.72. The average molecular weight is 492 g/mol. The molecule has 0 spiro atoms. The normalized spacial score (nSPS) is 23.8. The Bertz CT molecular complexity index is 827. The van der Waals surface area contributed by atoms with Crippen molar-refractivity contribution in [3.8, 4) is 5.88 Å². The van der Waals surface area contributed by atoms with Gasteiger partial charge in [0.1, 0.15) is 11.9 Å². The zero-order valence-corrected chi connectivity index (χ0v) is 20.4. The van der Waals surface area contributed by atoms with Gasteiger partial charge in [0.05, 0.1) is 12.2 Å². The second-order valence-corrected chi connectivity index (χ2v) is 10.2. The Morgan fingerprint density at radius 1 is 1.00 bits per heavy atom. The highest BCUT2D eigenvalue weighted by atomic mass is 79.9. The lowest BCUT2D eigenvalue weighted by Gasteiger charge is -2.36. The molecule has 2 aliphatic rings. The van der Waals surface area contributed by atoms with Gasteiger partial charge in [0.15, 0.2) is 5.82 Å². The van der Waals surface area contributed by atoms with E-state index in [0.717, 1.165) is 67.7 Å². The van der Waals surface area contributed by atoms with Gasteiger partial charge in [0, 0.05) is 41.8 Å². The molecule has 4 rings (SSSR count). The van der Waals surface area contributed by atoms with Crippen molar-refractivity contribution in [2.45, 2.75) is 83.5 Å². The predicted octanol–water partition coefficient (Wildman–Crippen LogP) is 5.97. The summed E-state index contributed by atoms with van der Waals surface area (Å²) in [6, 6.07) is 5.96. The summed E-state index contributed by atoms with van der Waals surface area (Å²) in [7, 11) is 0. The Balaban J connectivity index is 1.19. The number of ether oxygens (including phenoxy) is 2. The third-order valence-corrected chi connectivity index (χ3v) is 7.21. The first-order valence-corrected chi connectivity index (χ1v) is 12.4. The molecule has 1 aliphatic carbocycles. The van der Waals surface area contributed by atoms with Crippen molar-refractivity contribution in [2.24, 2.45) is 5.92 Å². The maximum Gasteiger partial charge on any atom is 0.214 e. The molecule has 1 aliphatic heterocycles. The first-order valence-electron chi connectivity index (χ1n) is 11.6. The van der Waals surface area contributed by atoms with E-state index in [1.165, 1.54) is 0 Å². The zero-order valence-electron chi connectivity index (χ0n) is 18.8. The number of halogens is 1. The maximum absolute atomic E-state index is 6.46. The smallest absolute Gasteiger partial charge is 0.214 e. The molecule has 2 aromatic heterocycles. The molecule has 6 nitrogen and oxygen atoms in total. The van der Waals surface area contributed by atoms with Crippen LogP contribution in [0.3, 0.4) is 0 Å². The molecule has 170 valence electrons. The molecular weight excluding hydrogens is 458 g/mol. The Hall–Kier alpha value is -1.60. The van der Waals surface area contributed by atoms with Crippen LogP contribution < -0.4 is 9.64 Å². The van der Waals surface area contributed by atoms with Crippen LogP contribution in [-0.4, -0.2) is 41.5 Å². The lowest BCUT2D eigenvalue weighted by molar-refractivity contribution is -0.0531. The van der Waals surface area contributed by atoms with Crippen LogP contribution in [0.5, 0.6) is 5.88 Å². The molecule has 2 fully saturated rings. The average Bonchev–Trinajstić information content (AvgIpc) is 3.25. The fourth-order valence-electron chi connectivity index (χ4n) is 4.37. The Kier molecular flexibility index (Phi) is 7.54. The molecule has 7 heteroatoms. The van der Waals surface area contributed by atoms with E-state index in [1.807, 2.05) is 12.1 Å². The number of nitrogens with zero attached hydrogens (tertiary/aromatic N) is 3. The van der Waals surface area contributed by atoms with Crippen molar-refractivity contribution in [2.75, 3.05) is 18.0 Å². The summed E-state index contributed by atoms with van der Waals surface area (Å²) in [6.07, 6.45) is 8.92. The van der Waals surface area contributed by atoms with Crippen LogP contribution >= 0.6 is 15.9 Å². The van der Waals surface area contributed by atoms with Gasteiger partial charge in [-0.05, 0) is 50.5 Å². The summed E-state index contributed by atoms with van der Waals surface area (Å²) in [5.41, 5.74) is 0. The molecular formula is C24H34BrN3O3. The van der Waals surface area contributed by atoms with E-state index in [0.29, 0.717) is 29.9 Å². The zero-order chi connectivity index (χ0) is 21.8. The van der Waals surface area contributed by atoms with Crippen LogP contribution in [0.4, 0.5) is 5.82 Å². The van der Waals surface area contributed by atoms with Gasteiger partial charge in [-0.3, -0.25) is 0 Å². The molecule has 0 aromatic carbocycles. The number of hydrogen-bond acceptors (Lipinski definition) is 6. The molecule has 0 bridgehead atoms. The van der Waals surface area contributed by atoms with E-state index in [-0.39, 0.29) is 6.10 Å². The third kappa shape index (κ3) is 6.01. The van der Waals surface area contributed by atoms with Crippen LogP contribution in [0, 0.1) is 5.92 Å². The first-order chi connectivity index (χ1) is 15.0. The van der Waals surface area contributed by atoms with Gasteiger partial charge in [0.25, 0.3) is 0 Å². The minimum absolute atomic E-state index is 0.234. The van der Waals surface area contributed by atoms with E-state index in [9.17, 15) is 0 Å². The second-order valence-electron chi connectivity index (χ2n) is 9.27. The van der Waals surface area contributed by atoms with Crippen molar-refractivity contribution < 1.29 is 14.0 Å². The molecule has 0 radical (unpaired) electrons.